The number of amides is 1. The molecular weight excluding hydrogens is 270 g/mol. The van der Waals surface area contributed by atoms with Crippen LogP contribution in [0.5, 0.6) is 5.75 Å². The topological polar surface area (TPSA) is 38.3 Å². The highest BCUT2D eigenvalue weighted by molar-refractivity contribution is 9.10. The van der Waals surface area contributed by atoms with Crippen LogP contribution in [0, 0.1) is 6.92 Å². The lowest BCUT2D eigenvalue weighted by atomic mass is 10.1. The van der Waals surface area contributed by atoms with Crippen molar-refractivity contribution in [3.63, 3.8) is 0 Å². The van der Waals surface area contributed by atoms with E-state index in [1.54, 1.807) is 21.0 Å². The van der Waals surface area contributed by atoms with Gasteiger partial charge >= 0.3 is 0 Å². The number of rotatable bonds is 3. The maximum Gasteiger partial charge on any atom is 0.240 e. The van der Waals surface area contributed by atoms with Gasteiger partial charge in [0.2, 0.25) is 5.91 Å². The second-order valence-electron chi connectivity index (χ2n) is 4.13. The van der Waals surface area contributed by atoms with Crippen molar-refractivity contribution in [2.24, 2.45) is 0 Å². The number of alkyl halides is 1. The molecule has 0 radical (unpaired) electrons. The molecule has 0 aliphatic carbocycles. The Morgan fingerprint density at radius 1 is 1.44 bits per heavy atom. The Hall–Kier alpha value is -1.03. The first-order valence-electron chi connectivity index (χ1n) is 4.99. The molecule has 0 aromatic heterocycles. The van der Waals surface area contributed by atoms with Crippen LogP contribution < -0.4 is 10.1 Å². The summed E-state index contributed by atoms with van der Waals surface area (Å²) < 4.78 is 4.59. The molecular formula is C12H16BrNO2. The summed E-state index contributed by atoms with van der Waals surface area (Å²) in [6.45, 7) is 5.56. The molecule has 0 bridgehead atoms. The van der Waals surface area contributed by atoms with Gasteiger partial charge < -0.3 is 10.1 Å². The van der Waals surface area contributed by atoms with Crippen LogP contribution in [0.1, 0.15) is 19.4 Å². The van der Waals surface area contributed by atoms with Crippen LogP contribution >= 0.6 is 15.9 Å². The van der Waals surface area contributed by atoms with E-state index in [-0.39, 0.29) is 5.91 Å². The molecule has 3 nitrogen and oxygen atoms in total. The molecule has 16 heavy (non-hydrogen) atoms. The second-order valence-corrected chi connectivity index (χ2v) is 6.11. The number of ether oxygens (including phenoxy) is 1. The van der Waals surface area contributed by atoms with Crippen molar-refractivity contribution < 1.29 is 9.53 Å². The number of hydrogen-bond acceptors (Lipinski definition) is 2. The zero-order valence-corrected chi connectivity index (χ0v) is 11.5. The van der Waals surface area contributed by atoms with Gasteiger partial charge in [0.15, 0.2) is 0 Å². The Morgan fingerprint density at radius 2 is 2.06 bits per heavy atom. The summed E-state index contributed by atoms with van der Waals surface area (Å²) in [4.78, 5) is 11.8. The van der Waals surface area contributed by atoms with Crippen molar-refractivity contribution in [2.45, 2.75) is 25.1 Å². The summed E-state index contributed by atoms with van der Waals surface area (Å²) in [6, 6.07) is 5.66. The summed E-state index contributed by atoms with van der Waals surface area (Å²) in [5, 5.41) is 2.83. The van der Waals surface area contributed by atoms with Crippen LogP contribution in [0.15, 0.2) is 18.2 Å². The van der Waals surface area contributed by atoms with Crippen molar-refractivity contribution in [1.29, 1.82) is 0 Å². The zero-order chi connectivity index (χ0) is 12.3. The highest BCUT2D eigenvalue weighted by atomic mass is 79.9. The van der Waals surface area contributed by atoms with Crippen LogP contribution in [0.3, 0.4) is 0 Å². The molecule has 88 valence electrons. The van der Waals surface area contributed by atoms with E-state index in [2.05, 4.69) is 21.2 Å². The van der Waals surface area contributed by atoms with E-state index >= 15 is 0 Å². The molecule has 0 heterocycles. The van der Waals surface area contributed by atoms with Crippen molar-refractivity contribution in [3.8, 4) is 5.75 Å². The van der Waals surface area contributed by atoms with Crippen LogP contribution in [0.25, 0.3) is 0 Å². The largest absolute Gasteiger partial charge is 0.495 e. The maximum absolute atomic E-state index is 11.8. The molecule has 1 aromatic rings. The van der Waals surface area contributed by atoms with Crippen LogP contribution in [0.4, 0.5) is 5.69 Å². The number of carbonyl (C=O) groups is 1. The molecule has 0 aliphatic heterocycles. The highest BCUT2D eigenvalue weighted by Gasteiger charge is 2.24. The van der Waals surface area contributed by atoms with Crippen molar-refractivity contribution in [2.75, 3.05) is 12.4 Å². The van der Waals surface area contributed by atoms with Crippen molar-refractivity contribution in [3.05, 3.63) is 23.8 Å². The molecule has 0 unspecified atom stereocenters. The maximum atomic E-state index is 11.8. The number of benzene rings is 1. The molecule has 0 aliphatic rings. The lowest BCUT2D eigenvalue weighted by molar-refractivity contribution is -0.117. The Morgan fingerprint density at radius 3 is 2.56 bits per heavy atom. The first-order valence-corrected chi connectivity index (χ1v) is 5.79. The van der Waals surface area contributed by atoms with Gasteiger partial charge in [-0.15, -0.1) is 0 Å². The minimum absolute atomic E-state index is 0.101. The van der Waals surface area contributed by atoms with Gasteiger partial charge in [0.1, 0.15) is 5.75 Å². The zero-order valence-electron chi connectivity index (χ0n) is 9.93. The van der Waals surface area contributed by atoms with E-state index in [9.17, 15) is 4.79 Å². The number of aryl methyl sites for hydroxylation is 1. The van der Waals surface area contributed by atoms with Crippen molar-refractivity contribution >= 4 is 27.5 Å². The number of methoxy groups -OCH3 is 1. The number of carbonyl (C=O) groups excluding carboxylic acids is 1. The summed E-state index contributed by atoms with van der Waals surface area (Å²) in [5.41, 5.74) is 1.77. The van der Waals surface area contributed by atoms with E-state index < -0.39 is 4.32 Å². The van der Waals surface area contributed by atoms with Crippen LogP contribution in [-0.2, 0) is 4.79 Å². The molecule has 1 aromatic carbocycles. The second kappa shape index (κ2) is 4.87. The molecule has 1 amide bonds. The number of anilines is 1. The minimum Gasteiger partial charge on any atom is -0.495 e. The Kier molecular flexibility index (Phi) is 3.97. The van der Waals surface area contributed by atoms with Gasteiger partial charge in [-0.05, 0) is 38.5 Å². The summed E-state index contributed by atoms with van der Waals surface area (Å²) in [6.07, 6.45) is 0. The van der Waals surface area contributed by atoms with E-state index in [1.165, 1.54) is 0 Å². The molecule has 0 fully saturated rings. The number of nitrogens with one attached hydrogen (secondary N) is 1. The fourth-order valence-electron chi connectivity index (χ4n) is 1.19. The lowest BCUT2D eigenvalue weighted by Crippen LogP contribution is -2.31. The third-order valence-electron chi connectivity index (χ3n) is 2.14. The predicted molar refractivity (Wildman–Crippen MR) is 69.4 cm³/mol. The molecule has 0 saturated carbocycles. The highest BCUT2D eigenvalue weighted by Crippen LogP contribution is 2.27. The molecule has 4 heteroatoms. The third kappa shape index (κ3) is 3.23. The minimum atomic E-state index is -0.595. The van der Waals surface area contributed by atoms with E-state index in [1.807, 2.05) is 25.1 Å². The van der Waals surface area contributed by atoms with Gasteiger partial charge in [0.25, 0.3) is 0 Å². The van der Waals surface area contributed by atoms with Gasteiger partial charge in [-0.3, -0.25) is 4.79 Å². The summed E-state index contributed by atoms with van der Waals surface area (Å²) in [5.74, 6) is 0.562. The fourth-order valence-corrected chi connectivity index (χ4v) is 1.29. The SMILES string of the molecule is COc1ccc(C)cc1NC(=O)C(C)(C)Br. The fraction of sp³-hybridized carbons (Fsp3) is 0.417. The third-order valence-corrected chi connectivity index (χ3v) is 2.50. The molecule has 0 atom stereocenters. The van der Waals surface area contributed by atoms with Gasteiger partial charge in [0.05, 0.1) is 17.1 Å². The van der Waals surface area contributed by atoms with Crippen molar-refractivity contribution in [1.82, 2.24) is 0 Å². The molecule has 0 saturated heterocycles. The monoisotopic (exact) mass is 285 g/mol. The average Bonchev–Trinajstić information content (AvgIpc) is 2.16. The van der Waals surface area contributed by atoms with Gasteiger partial charge in [-0.1, -0.05) is 22.0 Å². The quantitative estimate of drug-likeness (QED) is 0.867. The Balaban J connectivity index is 2.96. The Labute approximate surface area is 104 Å². The van der Waals surface area contributed by atoms with E-state index in [0.717, 1.165) is 5.56 Å². The first-order chi connectivity index (χ1) is 7.34. The van der Waals surface area contributed by atoms with Gasteiger partial charge in [0, 0.05) is 0 Å². The summed E-state index contributed by atoms with van der Waals surface area (Å²) >= 11 is 3.31. The molecule has 0 spiro atoms. The molecule has 1 N–H and O–H groups in total. The average molecular weight is 286 g/mol. The lowest BCUT2D eigenvalue weighted by Gasteiger charge is -2.17. The van der Waals surface area contributed by atoms with Crippen LogP contribution in [-0.4, -0.2) is 17.3 Å². The van der Waals surface area contributed by atoms with Gasteiger partial charge in [-0.25, -0.2) is 0 Å². The smallest absolute Gasteiger partial charge is 0.240 e. The Bertz CT molecular complexity index is 396. The normalized spacial score (nSPS) is 11.1. The number of halogens is 1. The first kappa shape index (κ1) is 13.0. The van der Waals surface area contributed by atoms with Crippen LogP contribution in [0.2, 0.25) is 0 Å². The predicted octanol–water partition coefficient (Wildman–Crippen LogP) is 3.12. The van der Waals surface area contributed by atoms with E-state index in [0.29, 0.717) is 11.4 Å². The molecule has 1 rings (SSSR count). The summed E-state index contributed by atoms with van der Waals surface area (Å²) in [7, 11) is 1.58. The standard InChI is InChI=1S/C12H16BrNO2/c1-8-5-6-10(16-4)9(7-8)14-11(15)12(2,3)13/h5-7H,1-4H3,(H,14,15). The van der Waals surface area contributed by atoms with E-state index in [4.69, 9.17) is 4.74 Å². The number of hydrogen-bond donors (Lipinski definition) is 1. The van der Waals surface area contributed by atoms with Gasteiger partial charge in [-0.2, -0.15) is 0 Å².